The van der Waals surface area contributed by atoms with Crippen LogP contribution < -0.4 is 0 Å². The lowest BCUT2D eigenvalue weighted by Crippen LogP contribution is -1.83. The van der Waals surface area contributed by atoms with E-state index in [9.17, 15) is 0 Å². The first-order chi connectivity index (χ1) is 8.75. The first-order valence-electron chi connectivity index (χ1n) is 5.58. The van der Waals surface area contributed by atoms with Gasteiger partial charge in [-0.1, -0.05) is 40.6 Å². The summed E-state index contributed by atoms with van der Waals surface area (Å²) in [4.78, 5) is 4.37. The average Bonchev–Trinajstić information content (AvgIpc) is 2.98. The van der Waals surface area contributed by atoms with Crippen molar-refractivity contribution in [2.45, 2.75) is 13.8 Å². The molecule has 2 aromatic heterocycles. The second-order valence-electron chi connectivity index (χ2n) is 3.99. The molecule has 18 heavy (non-hydrogen) atoms. The molecule has 0 bridgehead atoms. The Balaban J connectivity index is 2.05. The van der Waals surface area contributed by atoms with Crippen molar-refractivity contribution in [2.75, 3.05) is 0 Å². The number of benzene rings is 1. The molecular formula is C13H11N3O2. The molecule has 0 radical (unpaired) electrons. The summed E-state index contributed by atoms with van der Waals surface area (Å²) in [5, 5.41) is 7.84. The van der Waals surface area contributed by atoms with E-state index in [4.69, 9.17) is 9.05 Å². The fourth-order valence-corrected chi connectivity index (χ4v) is 1.82. The highest BCUT2D eigenvalue weighted by atomic mass is 16.5. The van der Waals surface area contributed by atoms with Gasteiger partial charge in [-0.3, -0.25) is 0 Å². The third kappa shape index (κ3) is 1.69. The van der Waals surface area contributed by atoms with Gasteiger partial charge in [-0.15, -0.1) is 0 Å². The highest BCUT2D eigenvalue weighted by Gasteiger charge is 2.18. The third-order valence-corrected chi connectivity index (χ3v) is 2.71. The van der Waals surface area contributed by atoms with Crippen LogP contribution in [0.15, 0.2) is 39.4 Å². The van der Waals surface area contributed by atoms with Gasteiger partial charge in [0.2, 0.25) is 5.82 Å². The number of rotatable bonds is 2. The van der Waals surface area contributed by atoms with Crippen molar-refractivity contribution >= 4 is 0 Å². The molecule has 0 unspecified atom stereocenters. The minimum absolute atomic E-state index is 0.435. The van der Waals surface area contributed by atoms with Crippen LogP contribution in [0.25, 0.3) is 22.8 Å². The fourth-order valence-electron chi connectivity index (χ4n) is 1.82. The van der Waals surface area contributed by atoms with Crippen LogP contribution >= 0.6 is 0 Å². The zero-order valence-electron chi connectivity index (χ0n) is 10.0. The van der Waals surface area contributed by atoms with Crippen LogP contribution in [0.1, 0.15) is 11.5 Å². The molecule has 5 nitrogen and oxygen atoms in total. The molecule has 0 N–H and O–H groups in total. The largest absolute Gasteiger partial charge is 0.361 e. The fraction of sp³-hybridized carbons (Fsp3) is 0.154. The van der Waals surface area contributed by atoms with E-state index in [2.05, 4.69) is 15.3 Å². The summed E-state index contributed by atoms with van der Waals surface area (Å²) in [5.41, 5.74) is 2.43. The molecule has 0 saturated heterocycles. The van der Waals surface area contributed by atoms with Gasteiger partial charge in [0.1, 0.15) is 11.3 Å². The number of aromatic nitrogens is 3. The molecule has 0 spiro atoms. The van der Waals surface area contributed by atoms with Crippen molar-refractivity contribution in [3.05, 3.63) is 41.8 Å². The van der Waals surface area contributed by atoms with Crippen molar-refractivity contribution in [2.24, 2.45) is 0 Å². The van der Waals surface area contributed by atoms with Crippen LogP contribution in [0.3, 0.4) is 0 Å². The van der Waals surface area contributed by atoms with Gasteiger partial charge in [0, 0.05) is 5.56 Å². The van der Waals surface area contributed by atoms with Crippen LogP contribution in [0.4, 0.5) is 0 Å². The Morgan fingerprint density at radius 2 is 1.72 bits per heavy atom. The summed E-state index contributed by atoms with van der Waals surface area (Å²) in [5.74, 6) is 1.67. The van der Waals surface area contributed by atoms with Gasteiger partial charge in [-0.2, -0.15) is 4.98 Å². The van der Waals surface area contributed by atoms with Gasteiger partial charge < -0.3 is 9.05 Å². The topological polar surface area (TPSA) is 65.0 Å². The Kier molecular flexibility index (Phi) is 2.44. The lowest BCUT2D eigenvalue weighted by molar-refractivity contribution is 0.392. The predicted molar refractivity (Wildman–Crippen MR) is 64.7 cm³/mol. The molecule has 0 aliphatic heterocycles. The van der Waals surface area contributed by atoms with Gasteiger partial charge in [0.15, 0.2) is 0 Å². The second kappa shape index (κ2) is 4.10. The maximum atomic E-state index is 5.26. The first kappa shape index (κ1) is 10.7. The molecule has 1 aromatic carbocycles. The zero-order chi connectivity index (χ0) is 12.5. The SMILES string of the molecule is Cc1noc(C)c1-c1nc(-c2ccccc2)no1. The Hall–Kier alpha value is -2.43. The van der Waals surface area contributed by atoms with Gasteiger partial charge in [-0.25, -0.2) is 0 Å². The smallest absolute Gasteiger partial charge is 0.263 e. The summed E-state index contributed by atoms with van der Waals surface area (Å²) in [7, 11) is 0. The van der Waals surface area contributed by atoms with E-state index in [1.165, 1.54) is 0 Å². The summed E-state index contributed by atoms with van der Waals surface area (Å²) >= 11 is 0. The summed E-state index contributed by atoms with van der Waals surface area (Å²) < 4.78 is 10.4. The lowest BCUT2D eigenvalue weighted by Gasteiger charge is -1.91. The highest BCUT2D eigenvalue weighted by molar-refractivity contribution is 5.62. The minimum atomic E-state index is 0.435. The molecule has 0 amide bonds. The summed E-state index contributed by atoms with van der Waals surface area (Å²) in [6.45, 7) is 3.67. The van der Waals surface area contributed by atoms with E-state index in [0.717, 1.165) is 16.8 Å². The third-order valence-electron chi connectivity index (χ3n) is 2.71. The van der Waals surface area contributed by atoms with Gasteiger partial charge in [-0.05, 0) is 13.8 Å². The normalized spacial score (nSPS) is 10.8. The Bertz CT molecular complexity index is 651. The maximum Gasteiger partial charge on any atom is 0.263 e. The number of aryl methyl sites for hydroxylation is 2. The van der Waals surface area contributed by atoms with Gasteiger partial charge in [0.25, 0.3) is 5.89 Å². The minimum Gasteiger partial charge on any atom is -0.361 e. The zero-order valence-corrected chi connectivity index (χ0v) is 10.0. The van der Waals surface area contributed by atoms with E-state index in [0.29, 0.717) is 17.5 Å². The molecule has 3 rings (SSSR count). The summed E-state index contributed by atoms with van der Waals surface area (Å²) in [6.07, 6.45) is 0. The highest BCUT2D eigenvalue weighted by Crippen LogP contribution is 2.27. The van der Waals surface area contributed by atoms with E-state index in [1.807, 2.05) is 44.2 Å². The van der Waals surface area contributed by atoms with E-state index >= 15 is 0 Å². The summed E-state index contributed by atoms with van der Waals surface area (Å²) in [6, 6.07) is 9.67. The van der Waals surface area contributed by atoms with Crippen LogP contribution in [-0.4, -0.2) is 15.3 Å². The Morgan fingerprint density at radius 1 is 0.944 bits per heavy atom. The lowest BCUT2D eigenvalue weighted by atomic mass is 10.2. The van der Waals surface area contributed by atoms with Crippen molar-refractivity contribution < 1.29 is 9.05 Å². The molecule has 0 aliphatic rings. The molecular weight excluding hydrogens is 230 g/mol. The van der Waals surface area contributed by atoms with Crippen LogP contribution in [0.2, 0.25) is 0 Å². The first-order valence-corrected chi connectivity index (χ1v) is 5.58. The van der Waals surface area contributed by atoms with Crippen molar-refractivity contribution in [3.63, 3.8) is 0 Å². The van der Waals surface area contributed by atoms with E-state index in [-0.39, 0.29) is 0 Å². The Morgan fingerprint density at radius 3 is 2.39 bits per heavy atom. The number of nitrogens with zero attached hydrogens (tertiary/aromatic N) is 3. The molecule has 0 fully saturated rings. The molecule has 90 valence electrons. The molecule has 2 heterocycles. The molecule has 5 heteroatoms. The van der Waals surface area contributed by atoms with Crippen LogP contribution in [-0.2, 0) is 0 Å². The standard InChI is InChI=1S/C13H11N3O2/c1-8-11(9(2)17-15-8)13-14-12(16-18-13)10-6-4-3-5-7-10/h3-7H,1-2H3. The van der Waals surface area contributed by atoms with Crippen molar-refractivity contribution in [1.29, 1.82) is 0 Å². The quantitative estimate of drug-likeness (QED) is 0.690. The number of hydrogen-bond acceptors (Lipinski definition) is 5. The monoisotopic (exact) mass is 241 g/mol. The van der Waals surface area contributed by atoms with Gasteiger partial charge in [0.05, 0.1) is 5.69 Å². The van der Waals surface area contributed by atoms with Crippen LogP contribution in [0, 0.1) is 13.8 Å². The van der Waals surface area contributed by atoms with E-state index in [1.54, 1.807) is 0 Å². The molecule has 0 atom stereocenters. The second-order valence-corrected chi connectivity index (χ2v) is 3.99. The van der Waals surface area contributed by atoms with Crippen LogP contribution in [0.5, 0.6) is 0 Å². The molecule has 0 aliphatic carbocycles. The van der Waals surface area contributed by atoms with E-state index < -0.39 is 0 Å². The van der Waals surface area contributed by atoms with Crippen molar-refractivity contribution in [1.82, 2.24) is 15.3 Å². The molecule has 3 aromatic rings. The van der Waals surface area contributed by atoms with Gasteiger partial charge >= 0.3 is 0 Å². The predicted octanol–water partition coefficient (Wildman–Crippen LogP) is 3.01. The Labute approximate surface area is 103 Å². The van der Waals surface area contributed by atoms with Crippen molar-refractivity contribution in [3.8, 4) is 22.8 Å². The number of hydrogen-bond donors (Lipinski definition) is 0. The molecule has 0 saturated carbocycles. The maximum absolute atomic E-state index is 5.26. The average molecular weight is 241 g/mol.